The molecule has 0 unspecified atom stereocenters. The molecule has 2 heterocycles. The third kappa shape index (κ3) is 4.64. The lowest BCUT2D eigenvalue weighted by atomic mass is 10.2. The standard InChI is InChI=1S/C16H11ClN4OS2/c17-12-5-3-4-11(8-12)15(22)21-19-9-13-10-23-16(20-13)24-14-6-1-2-7-18-14/h1-10H,(H,21,22)/b19-9+. The fraction of sp³-hybridized carbons (Fsp3) is 0. The fourth-order valence-corrected chi connectivity index (χ4v) is 3.59. The van der Waals surface area contributed by atoms with Gasteiger partial charge in [-0.25, -0.2) is 15.4 Å². The Kier molecular flexibility index (Phi) is 5.58. The van der Waals surface area contributed by atoms with E-state index in [9.17, 15) is 4.79 Å². The second-order valence-electron chi connectivity index (χ2n) is 4.52. The Morgan fingerprint density at radius 2 is 2.21 bits per heavy atom. The average Bonchev–Trinajstić information content (AvgIpc) is 3.03. The van der Waals surface area contributed by atoms with Crippen molar-refractivity contribution in [2.75, 3.05) is 0 Å². The molecule has 2 aromatic heterocycles. The lowest BCUT2D eigenvalue weighted by Gasteiger charge is -1.99. The van der Waals surface area contributed by atoms with E-state index in [-0.39, 0.29) is 5.91 Å². The highest BCUT2D eigenvalue weighted by atomic mass is 35.5. The molecule has 8 heteroatoms. The molecule has 0 atom stereocenters. The first-order valence-electron chi connectivity index (χ1n) is 6.84. The molecule has 1 N–H and O–H groups in total. The molecule has 1 aromatic carbocycles. The van der Waals surface area contributed by atoms with Crippen LogP contribution in [-0.2, 0) is 0 Å². The van der Waals surface area contributed by atoms with Crippen molar-refractivity contribution in [3.8, 4) is 0 Å². The van der Waals surface area contributed by atoms with Crippen LogP contribution in [0, 0.1) is 0 Å². The number of hydrazone groups is 1. The normalized spacial score (nSPS) is 10.9. The number of nitrogens with zero attached hydrogens (tertiary/aromatic N) is 3. The zero-order valence-electron chi connectivity index (χ0n) is 12.2. The van der Waals surface area contributed by atoms with Crippen LogP contribution in [0.1, 0.15) is 16.1 Å². The molecule has 0 aliphatic heterocycles. The van der Waals surface area contributed by atoms with Gasteiger partial charge in [-0.3, -0.25) is 4.79 Å². The van der Waals surface area contributed by atoms with Crippen molar-refractivity contribution in [1.29, 1.82) is 0 Å². The zero-order valence-corrected chi connectivity index (χ0v) is 14.6. The number of amides is 1. The Morgan fingerprint density at radius 3 is 3.00 bits per heavy atom. The molecular formula is C16H11ClN4OS2. The van der Waals surface area contributed by atoms with Crippen LogP contribution < -0.4 is 5.43 Å². The van der Waals surface area contributed by atoms with E-state index in [0.29, 0.717) is 16.3 Å². The molecule has 3 rings (SSSR count). The molecule has 0 aliphatic rings. The summed E-state index contributed by atoms with van der Waals surface area (Å²) in [4.78, 5) is 20.6. The van der Waals surface area contributed by atoms with Crippen LogP contribution in [0.4, 0.5) is 0 Å². The maximum atomic E-state index is 11.9. The monoisotopic (exact) mass is 374 g/mol. The number of carbonyl (C=O) groups excluding carboxylic acids is 1. The van der Waals surface area contributed by atoms with Gasteiger partial charge in [-0.15, -0.1) is 11.3 Å². The minimum absolute atomic E-state index is 0.327. The number of rotatable bonds is 5. The molecule has 0 saturated heterocycles. The lowest BCUT2D eigenvalue weighted by molar-refractivity contribution is 0.0955. The first-order valence-corrected chi connectivity index (χ1v) is 8.91. The molecule has 0 bridgehead atoms. The third-order valence-electron chi connectivity index (χ3n) is 2.78. The molecule has 120 valence electrons. The van der Waals surface area contributed by atoms with Crippen molar-refractivity contribution in [2.24, 2.45) is 5.10 Å². The summed E-state index contributed by atoms with van der Waals surface area (Å²) in [5, 5.41) is 7.16. The second-order valence-corrected chi connectivity index (χ2v) is 7.08. The number of hydrogen-bond donors (Lipinski definition) is 1. The van der Waals surface area contributed by atoms with E-state index < -0.39 is 0 Å². The number of benzene rings is 1. The van der Waals surface area contributed by atoms with Crippen LogP contribution in [0.25, 0.3) is 0 Å². The highest BCUT2D eigenvalue weighted by Crippen LogP contribution is 2.28. The molecule has 0 fully saturated rings. The largest absolute Gasteiger partial charge is 0.271 e. The molecule has 0 saturated carbocycles. The number of carbonyl (C=O) groups is 1. The van der Waals surface area contributed by atoms with Gasteiger partial charge in [-0.1, -0.05) is 23.7 Å². The number of pyridine rings is 1. The molecule has 3 aromatic rings. The van der Waals surface area contributed by atoms with Gasteiger partial charge in [0.15, 0.2) is 4.34 Å². The summed E-state index contributed by atoms with van der Waals surface area (Å²) in [7, 11) is 0. The maximum absolute atomic E-state index is 11.9. The van der Waals surface area contributed by atoms with Crippen LogP contribution in [0.3, 0.4) is 0 Å². The van der Waals surface area contributed by atoms with Crippen molar-refractivity contribution < 1.29 is 4.79 Å². The minimum Gasteiger partial charge on any atom is -0.267 e. The molecular weight excluding hydrogens is 364 g/mol. The van der Waals surface area contributed by atoms with E-state index in [1.54, 1.807) is 30.5 Å². The van der Waals surface area contributed by atoms with Crippen molar-refractivity contribution in [3.05, 3.63) is 70.3 Å². The van der Waals surface area contributed by atoms with Gasteiger partial charge in [-0.2, -0.15) is 5.10 Å². The summed E-state index contributed by atoms with van der Waals surface area (Å²) in [6.45, 7) is 0. The van der Waals surface area contributed by atoms with Gasteiger partial charge in [0.05, 0.1) is 11.9 Å². The number of thiazole rings is 1. The van der Waals surface area contributed by atoms with E-state index in [1.165, 1.54) is 29.3 Å². The predicted octanol–water partition coefficient (Wildman–Crippen LogP) is 4.11. The Morgan fingerprint density at radius 1 is 1.29 bits per heavy atom. The summed E-state index contributed by atoms with van der Waals surface area (Å²) in [6.07, 6.45) is 3.24. The topological polar surface area (TPSA) is 67.2 Å². The fourth-order valence-electron chi connectivity index (χ4n) is 1.72. The summed E-state index contributed by atoms with van der Waals surface area (Å²) >= 11 is 8.82. The number of nitrogens with one attached hydrogen (secondary N) is 1. The van der Waals surface area contributed by atoms with Gasteiger partial charge in [0.1, 0.15) is 5.03 Å². The summed E-state index contributed by atoms with van der Waals surface area (Å²) in [5.74, 6) is -0.327. The molecule has 24 heavy (non-hydrogen) atoms. The van der Waals surface area contributed by atoms with Gasteiger partial charge in [-0.05, 0) is 42.1 Å². The van der Waals surface area contributed by atoms with Crippen molar-refractivity contribution in [1.82, 2.24) is 15.4 Å². The van der Waals surface area contributed by atoms with Crippen LogP contribution in [0.5, 0.6) is 0 Å². The van der Waals surface area contributed by atoms with Gasteiger partial charge < -0.3 is 0 Å². The van der Waals surface area contributed by atoms with Crippen molar-refractivity contribution in [2.45, 2.75) is 9.37 Å². The Hall–Kier alpha value is -2.22. The molecule has 0 aliphatic carbocycles. The van der Waals surface area contributed by atoms with Gasteiger partial charge >= 0.3 is 0 Å². The lowest BCUT2D eigenvalue weighted by Crippen LogP contribution is -2.17. The Labute approximate surface area is 151 Å². The van der Waals surface area contributed by atoms with Gasteiger partial charge in [0.2, 0.25) is 0 Å². The van der Waals surface area contributed by atoms with E-state index >= 15 is 0 Å². The van der Waals surface area contributed by atoms with Crippen LogP contribution in [0.2, 0.25) is 5.02 Å². The van der Waals surface area contributed by atoms with Crippen molar-refractivity contribution >= 4 is 46.8 Å². The number of aromatic nitrogens is 2. The van der Waals surface area contributed by atoms with Gasteiger partial charge in [0.25, 0.3) is 5.91 Å². The Bertz CT molecular complexity index is 867. The SMILES string of the molecule is O=C(N/N=C/c1csc(Sc2ccccn2)n1)c1cccc(Cl)c1. The number of halogens is 1. The van der Waals surface area contributed by atoms with E-state index in [0.717, 1.165) is 9.37 Å². The highest BCUT2D eigenvalue weighted by Gasteiger charge is 2.05. The predicted molar refractivity (Wildman–Crippen MR) is 97.0 cm³/mol. The van der Waals surface area contributed by atoms with Crippen LogP contribution >= 0.6 is 34.7 Å². The summed E-state index contributed by atoms with van der Waals surface area (Å²) in [5.41, 5.74) is 3.57. The van der Waals surface area contributed by atoms with E-state index in [1.807, 2.05) is 23.6 Å². The molecule has 5 nitrogen and oxygen atoms in total. The van der Waals surface area contributed by atoms with Gasteiger partial charge in [0, 0.05) is 22.2 Å². The van der Waals surface area contributed by atoms with Crippen LogP contribution in [0.15, 0.2) is 68.5 Å². The zero-order chi connectivity index (χ0) is 16.8. The molecule has 1 amide bonds. The molecule has 0 spiro atoms. The quantitative estimate of drug-likeness (QED) is 0.539. The first-order chi connectivity index (χ1) is 11.7. The highest BCUT2D eigenvalue weighted by molar-refractivity contribution is 8.01. The smallest absolute Gasteiger partial charge is 0.267 e. The van der Waals surface area contributed by atoms with Crippen molar-refractivity contribution in [3.63, 3.8) is 0 Å². The Balaban J connectivity index is 1.58. The first kappa shape index (κ1) is 16.6. The number of hydrogen-bond acceptors (Lipinski definition) is 6. The summed E-state index contributed by atoms with van der Waals surface area (Å²) in [6, 6.07) is 12.4. The maximum Gasteiger partial charge on any atom is 0.271 e. The molecule has 0 radical (unpaired) electrons. The average molecular weight is 375 g/mol. The van der Waals surface area contributed by atoms with Crippen LogP contribution in [-0.4, -0.2) is 22.1 Å². The summed E-state index contributed by atoms with van der Waals surface area (Å²) < 4.78 is 0.858. The van der Waals surface area contributed by atoms with E-state index in [4.69, 9.17) is 11.6 Å². The third-order valence-corrected chi connectivity index (χ3v) is 4.92. The second kappa shape index (κ2) is 8.05. The minimum atomic E-state index is -0.327. The van der Waals surface area contributed by atoms with E-state index in [2.05, 4.69) is 20.5 Å².